The molecule has 0 amide bonds. The van der Waals surface area contributed by atoms with Crippen LogP contribution < -0.4 is 0 Å². The normalized spacial score (nSPS) is 10.7. The summed E-state index contributed by atoms with van der Waals surface area (Å²) in [5.41, 5.74) is 1.33. The molecule has 0 spiro atoms. The van der Waals surface area contributed by atoms with Gasteiger partial charge in [-0.05, 0) is 26.2 Å². The Labute approximate surface area is 145 Å². The molecule has 0 unspecified atom stereocenters. The first kappa shape index (κ1) is 22.2. The smallest absolute Gasteiger partial charge is 0.305 e. The van der Waals surface area contributed by atoms with Crippen LogP contribution in [-0.2, 0) is 9.53 Å². The standard InChI is InChI=1S/C21H40O2/c1-20(2)18-16-14-12-10-8-6-4-5-7-9-11-13-15-17-19-21(22)23-3/h1,4-19H2,2-3H3. The molecular weight excluding hydrogens is 284 g/mol. The highest BCUT2D eigenvalue weighted by Crippen LogP contribution is 2.14. The molecule has 136 valence electrons. The van der Waals surface area contributed by atoms with Crippen LogP contribution in [0.3, 0.4) is 0 Å². The summed E-state index contributed by atoms with van der Waals surface area (Å²) in [4.78, 5) is 10.9. The van der Waals surface area contributed by atoms with Crippen LogP contribution in [0.25, 0.3) is 0 Å². The number of esters is 1. The van der Waals surface area contributed by atoms with Crippen LogP contribution in [0.4, 0.5) is 0 Å². The molecule has 0 aromatic heterocycles. The van der Waals surface area contributed by atoms with Crippen molar-refractivity contribution in [3.05, 3.63) is 12.2 Å². The topological polar surface area (TPSA) is 26.3 Å². The Kier molecular flexibility index (Phi) is 17.0. The first-order valence-electron chi connectivity index (χ1n) is 9.88. The molecule has 2 heteroatoms. The minimum absolute atomic E-state index is 0.0687. The molecule has 2 nitrogen and oxygen atoms in total. The van der Waals surface area contributed by atoms with Crippen LogP contribution in [0.15, 0.2) is 12.2 Å². The van der Waals surface area contributed by atoms with Crippen LogP contribution in [0.5, 0.6) is 0 Å². The van der Waals surface area contributed by atoms with Gasteiger partial charge >= 0.3 is 5.97 Å². The van der Waals surface area contributed by atoms with E-state index in [2.05, 4.69) is 18.2 Å². The van der Waals surface area contributed by atoms with E-state index in [1.807, 2.05) is 0 Å². The third-order valence-corrected chi connectivity index (χ3v) is 4.46. The summed E-state index contributed by atoms with van der Waals surface area (Å²) in [6.45, 7) is 6.08. The van der Waals surface area contributed by atoms with Gasteiger partial charge in [0.2, 0.25) is 0 Å². The van der Waals surface area contributed by atoms with Crippen LogP contribution in [-0.4, -0.2) is 13.1 Å². The number of hydrogen-bond acceptors (Lipinski definition) is 2. The van der Waals surface area contributed by atoms with E-state index in [-0.39, 0.29) is 5.97 Å². The Balaban J connectivity index is 3.02. The predicted molar refractivity (Wildman–Crippen MR) is 101 cm³/mol. The molecule has 0 saturated heterocycles. The molecule has 0 atom stereocenters. The Morgan fingerprint density at radius 1 is 0.652 bits per heavy atom. The van der Waals surface area contributed by atoms with Crippen molar-refractivity contribution in [2.45, 2.75) is 110 Å². The zero-order valence-corrected chi connectivity index (χ0v) is 15.8. The van der Waals surface area contributed by atoms with Gasteiger partial charge in [0.05, 0.1) is 7.11 Å². The van der Waals surface area contributed by atoms with Crippen LogP contribution in [0.1, 0.15) is 110 Å². The molecule has 0 aromatic rings. The number of methoxy groups -OCH3 is 1. The minimum atomic E-state index is -0.0687. The lowest BCUT2D eigenvalue weighted by Crippen LogP contribution is -1.99. The predicted octanol–water partition coefficient (Wildman–Crippen LogP) is 6.98. The lowest BCUT2D eigenvalue weighted by molar-refractivity contribution is -0.140. The summed E-state index contributed by atoms with van der Waals surface area (Å²) in [6, 6.07) is 0. The zero-order valence-electron chi connectivity index (χ0n) is 15.8. The number of ether oxygens (including phenoxy) is 1. The maximum Gasteiger partial charge on any atom is 0.305 e. The van der Waals surface area contributed by atoms with Gasteiger partial charge in [-0.1, -0.05) is 82.6 Å². The highest BCUT2D eigenvalue weighted by atomic mass is 16.5. The quantitative estimate of drug-likeness (QED) is 0.164. The molecule has 0 radical (unpaired) electrons. The van der Waals surface area contributed by atoms with Crippen molar-refractivity contribution in [3.63, 3.8) is 0 Å². The van der Waals surface area contributed by atoms with E-state index < -0.39 is 0 Å². The summed E-state index contributed by atoms with van der Waals surface area (Å²) < 4.78 is 4.64. The van der Waals surface area contributed by atoms with E-state index in [4.69, 9.17) is 0 Å². The fourth-order valence-corrected chi connectivity index (χ4v) is 2.92. The molecular formula is C21H40O2. The summed E-state index contributed by atoms with van der Waals surface area (Å²) >= 11 is 0. The van der Waals surface area contributed by atoms with E-state index in [0.29, 0.717) is 6.42 Å². The SMILES string of the molecule is C=C(C)CCCCCCCCCCCCCCCCC(=O)OC. The molecule has 0 rings (SSSR count). The maximum atomic E-state index is 10.9. The van der Waals surface area contributed by atoms with E-state index >= 15 is 0 Å². The van der Waals surface area contributed by atoms with Gasteiger partial charge in [0.1, 0.15) is 0 Å². The van der Waals surface area contributed by atoms with Gasteiger partial charge in [0.15, 0.2) is 0 Å². The second-order valence-electron chi connectivity index (χ2n) is 6.98. The zero-order chi connectivity index (χ0) is 17.2. The monoisotopic (exact) mass is 324 g/mol. The molecule has 0 bridgehead atoms. The van der Waals surface area contributed by atoms with Gasteiger partial charge in [-0.15, -0.1) is 6.58 Å². The number of rotatable bonds is 17. The van der Waals surface area contributed by atoms with Crippen LogP contribution >= 0.6 is 0 Å². The van der Waals surface area contributed by atoms with Crippen molar-refractivity contribution < 1.29 is 9.53 Å². The lowest BCUT2D eigenvalue weighted by atomic mass is 10.0. The van der Waals surface area contributed by atoms with E-state index in [0.717, 1.165) is 6.42 Å². The van der Waals surface area contributed by atoms with Crippen LogP contribution in [0.2, 0.25) is 0 Å². The first-order valence-corrected chi connectivity index (χ1v) is 9.88. The Morgan fingerprint density at radius 3 is 1.26 bits per heavy atom. The summed E-state index contributed by atoms with van der Waals surface area (Å²) in [5, 5.41) is 0. The first-order chi connectivity index (χ1) is 11.2. The average molecular weight is 325 g/mol. The van der Waals surface area contributed by atoms with Gasteiger partial charge in [0.25, 0.3) is 0 Å². The molecule has 0 aromatic carbocycles. The lowest BCUT2D eigenvalue weighted by Gasteiger charge is -2.03. The van der Waals surface area contributed by atoms with Crippen molar-refractivity contribution in [1.29, 1.82) is 0 Å². The molecule has 0 N–H and O–H groups in total. The number of carbonyl (C=O) groups excluding carboxylic acids is 1. The number of carbonyl (C=O) groups is 1. The second-order valence-corrected chi connectivity index (χ2v) is 6.98. The van der Waals surface area contributed by atoms with E-state index in [1.165, 1.54) is 103 Å². The van der Waals surface area contributed by atoms with E-state index in [1.54, 1.807) is 0 Å². The van der Waals surface area contributed by atoms with Gasteiger partial charge in [-0.25, -0.2) is 0 Å². The van der Waals surface area contributed by atoms with Gasteiger partial charge in [-0.3, -0.25) is 4.79 Å². The molecule has 0 aliphatic rings. The number of allylic oxidation sites excluding steroid dienone is 1. The molecule has 0 fully saturated rings. The number of hydrogen-bond donors (Lipinski definition) is 0. The van der Waals surface area contributed by atoms with E-state index in [9.17, 15) is 4.79 Å². The minimum Gasteiger partial charge on any atom is -0.469 e. The van der Waals surface area contributed by atoms with Crippen molar-refractivity contribution in [2.75, 3.05) is 7.11 Å². The summed E-state index contributed by atoms with van der Waals surface area (Å²) in [7, 11) is 1.46. The Morgan fingerprint density at radius 2 is 0.957 bits per heavy atom. The summed E-state index contributed by atoms with van der Waals surface area (Å²) in [5.74, 6) is -0.0687. The van der Waals surface area contributed by atoms with Crippen molar-refractivity contribution >= 4 is 5.97 Å². The Hall–Kier alpha value is -0.790. The fraction of sp³-hybridized carbons (Fsp3) is 0.857. The maximum absolute atomic E-state index is 10.9. The molecule has 0 aliphatic carbocycles. The van der Waals surface area contributed by atoms with Gasteiger partial charge in [-0.2, -0.15) is 0 Å². The highest BCUT2D eigenvalue weighted by Gasteiger charge is 1.99. The third kappa shape index (κ3) is 19.2. The average Bonchev–Trinajstić information content (AvgIpc) is 2.53. The van der Waals surface area contributed by atoms with Gasteiger partial charge < -0.3 is 4.74 Å². The largest absolute Gasteiger partial charge is 0.469 e. The molecule has 0 aliphatic heterocycles. The number of unbranched alkanes of at least 4 members (excludes halogenated alkanes) is 13. The summed E-state index contributed by atoms with van der Waals surface area (Å²) in [6.07, 6.45) is 20.4. The molecule has 0 heterocycles. The Bertz CT molecular complexity index is 284. The third-order valence-electron chi connectivity index (χ3n) is 4.46. The molecule has 0 saturated carbocycles. The van der Waals surface area contributed by atoms with Gasteiger partial charge in [0, 0.05) is 6.42 Å². The fourth-order valence-electron chi connectivity index (χ4n) is 2.92. The highest BCUT2D eigenvalue weighted by molar-refractivity contribution is 5.68. The van der Waals surface area contributed by atoms with Crippen LogP contribution in [0, 0.1) is 0 Å². The van der Waals surface area contributed by atoms with Crippen molar-refractivity contribution in [3.8, 4) is 0 Å². The molecule has 23 heavy (non-hydrogen) atoms. The van der Waals surface area contributed by atoms with Crippen molar-refractivity contribution in [2.24, 2.45) is 0 Å². The second kappa shape index (κ2) is 17.6. The van der Waals surface area contributed by atoms with Crippen molar-refractivity contribution in [1.82, 2.24) is 0 Å².